The predicted molar refractivity (Wildman–Crippen MR) is 82.6 cm³/mol. The molecule has 1 aromatic rings. The van der Waals surface area contributed by atoms with Crippen molar-refractivity contribution < 1.29 is 9.18 Å². The van der Waals surface area contributed by atoms with Crippen molar-refractivity contribution in [1.82, 2.24) is 0 Å². The predicted octanol–water partition coefficient (Wildman–Crippen LogP) is 3.87. The van der Waals surface area contributed by atoms with Gasteiger partial charge in [-0.3, -0.25) is 4.79 Å². The van der Waals surface area contributed by atoms with Crippen molar-refractivity contribution in [1.29, 1.82) is 0 Å². The molecule has 1 fully saturated rings. The topological polar surface area (TPSA) is 17.1 Å². The van der Waals surface area contributed by atoms with E-state index in [4.69, 9.17) is 0 Å². The number of hydrogen-bond donors (Lipinski definition) is 0. The molecule has 3 unspecified atom stereocenters. The summed E-state index contributed by atoms with van der Waals surface area (Å²) < 4.78 is 13.2. The van der Waals surface area contributed by atoms with Gasteiger partial charge in [0.05, 0.1) is 5.25 Å². The number of hydrogen-bond acceptors (Lipinski definition) is 3. The van der Waals surface area contributed by atoms with Crippen LogP contribution in [0.1, 0.15) is 25.0 Å². The number of carbonyl (C=O) groups excluding carboxylic acids is 1. The zero-order valence-electron chi connectivity index (χ0n) is 11.5. The molecule has 2 rings (SSSR count). The molecule has 0 bridgehead atoms. The molecule has 0 N–H and O–H groups in total. The van der Waals surface area contributed by atoms with Crippen LogP contribution in [-0.4, -0.2) is 27.3 Å². The fourth-order valence-corrected chi connectivity index (χ4v) is 4.97. The molecule has 0 aromatic heterocycles. The van der Waals surface area contributed by atoms with E-state index in [2.05, 4.69) is 13.8 Å². The first-order valence-corrected chi connectivity index (χ1v) is 8.51. The first kappa shape index (κ1) is 14.9. The van der Waals surface area contributed by atoms with Crippen LogP contribution in [0.15, 0.2) is 18.2 Å². The monoisotopic (exact) mass is 298 g/mol. The maximum atomic E-state index is 13.2. The maximum absolute atomic E-state index is 13.2. The third kappa shape index (κ3) is 3.76. The summed E-state index contributed by atoms with van der Waals surface area (Å²) in [5.41, 5.74) is 1.81. The Hall–Kier alpha value is -0.480. The molecule has 1 aliphatic rings. The van der Waals surface area contributed by atoms with Gasteiger partial charge in [-0.2, -0.15) is 11.8 Å². The Balaban J connectivity index is 2.03. The Kier molecular flexibility index (Phi) is 4.96. The molecule has 0 aliphatic carbocycles. The van der Waals surface area contributed by atoms with E-state index in [-0.39, 0.29) is 16.9 Å². The van der Waals surface area contributed by atoms with E-state index >= 15 is 0 Å². The SMILES string of the molecule is Cc1ccc(F)cc1CC(=O)C1CSC(C)C(C)S1. The second-order valence-electron chi connectivity index (χ2n) is 5.08. The van der Waals surface area contributed by atoms with Crippen LogP contribution in [0.3, 0.4) is 0 Å². The first-order chi connectivity index (χ1) is 8.97. The second-order valence-corrected chi connectivity index (χ2v) is 8.08. The van der Waals surface area contributed by atoms with Crippen molar-refractivity contribution in [2.75, 3.05) is 5.75 Å². The number of ketones is 1. The molecule has 0 amide bonds. The lowest BCUT2D eigenvalue weighted by Crippen LogP contribution is -2.32. The summed E-state index contributed by atoms with van der Waals surface area (Å²) in [4.78, 5) is 12.3. The Morgan fingerprint density at radius 3 is 2.79 bits per heavy atom. The number of rotatable bonds is 3. The zero-order chi connectivity index (χ0) is 14.0. The average Bonchev–Trinajstić information content (AvgIpc) is 2.37. The largest absolute Gasteiger partial charge is 0.298 e. The lowest BCUT2D eigenvalue weighted by atomic mass is 10.0. The van der Waals surface area contributed by atoms with E-state index in [9.17, 15) is 9.18 Å². The highest BCUT2D eigenvalue weighted by molar-refractivity contribution is 8.08. The molecule has 104 valence electrons. The van der Waals surface area contributed by atoms with Crippen LogP contribution in [0, 0.1) is 12.7 Å². The maximum Gasteiger partial charge on any atom is 0.151 e. The molecule has 0 radical (unpaired) electrons. The molecule has 1 heterocycles. The smallest absolute Gasteiger partial charge is 0.151 e. The minimum absolute atomic E-state index is 0.0545. The van der Waals surface area contributed by atoms with Gasteiger partial charge in [0.2, 0.25) is 0 Å². The normalized spacial score (nSPS) is 27.3. The summed E-state index contributed by atoms with van der Waals surface area (Å²) >= 11 is 3.63. The van der Waals surface area contributed by atoms with E-state index in [1.165, 1.54) is 12.1 Å². The highest BCUT2D eigenvalue weighted by atomic mass is 32.2. The van der Waals surface area contributed by atoms with Gasteiger partial charge in [0.15, 0.2) is 5.78 Å². The van der Waals surface area contributed by atoms with Crippen molar-refractivity contribution in [3.8, 4) is 0 Å². The molecule has 1 aromatic carbocycles. The van der Waals surface area contributed by atoms with Gasteiger partial charge in [-0.15, -0.1) is 11.8 Å². The van der Waals surface area contributed by atoms with E-state index in [0.717, 1.165) is 16.9 Å². The molecule has 0 saturated carbocycles. The molecule has 3 atom stereocenters. The lowest BCUT2D eigenvalue weighted by molar-refractivity contribution is -0.117. The highest BCUT2D eigenvalue weighted by Gasteiger charge is 2.30. The third-order valence-electron chi connectivity index (χ3n) is 3.59. The molecular weight excluding hydrogens is 279 g/mol. The average molecular weight is 298 g/mol. The van der Waals surface area contributed by atoms with Crippen LogP contribution in [-0.2, 0) is 11.2 Å². The summed E-state index contributed by atoms with van der Waals surface area (Å²) in [5, 5.41) is 1.16. The highest BCUT2D eigenvalue weighted by Crippen LogP contribution is 2.36. The number of aryl methyl sites for hydroxylation is 1. The van der Waals surface area contributed by atoms with Gasteiger partial charge >= 0.3 is 0 Å². The molecule has 1 nitrogen and oxygen atoms in total. The summed E-state index contributed by atoms with van der Waals surface area (Å²) in [6.45, 7) is 6.31. The Morgan fingerprint density at radius 2 is 2.11 bits per heavy atom. The Morgan fingerprint density at radius 1 is 1.37 bits per heavy atom. The van der Waals surface area contributed by atoms with Crippen molar-refractivity contribution in [2.24, 2.45) is 0 Å². The number of Topliss-reactive ketones (excluding diaryl/α,β-unsaturated/α-hetero) is 1. The van der Waals surface area contributed by atoms with Gasteiger partial charge in [-0.1, -0.05) is 19.9 Å². The first-order valence-electron chi connectivity index (χ1n) is 6.52. The van der Waals surface area contributed by atoms with Crippen LogP contribution < -0.4 is 0 Å². The molecule has 4 heteroatoms. The standard InChI is InChI=1S/C15H19FOS2/c1-9-4-5-13(16)6-12(9)7-14(17)15-8-18-10(2)11(3)19-15/h4-6,10-11,15H,7-8H2,1-3H3. The molecule has 1 saturated heterocycles. The van der Waals surface area contributed by atoms with Gasteiger partial charge in [0.1, 0.15) is 5.82 Å². The minimum Gasteiger partial charge on any atom is -0.298 e. The third-order valence-corrected chi connectivity index (χ3v) is 7.02. The van der Waals surface area contributed by atoms with Crippen LogP contribution in [0.2, 0.25) is 0 Å². The van der Waals surface area contributed by atoms with Gasteiger partial charge in [-0.05, 0) is 30.2 Å². The fraction of sp³-hybridized carbons (Fsp3) is 0.533. The van der Waals surface area contributed by atoms with Crippen LogP contribution in [0.4, 0.5) is 4.39 Å². The Bertz CT molecular complexity index is 475. The van der Waals surface area contributed by atoms with E-state index in [1.54, 1.807) is 17.8 Å². The molecule has 0 spiro atoms. The van der Waals surface area contributed by atoms with Crippen LogP contribution >= 0.6 is 23.5 Å². The van der Waals surface area contributed by atoms with E-state index < -0.39 is 0 Å². The Labute approximate surface area is 122 Å². The fourth-order valence-electron chi connectivity index (χ4n) is 2.08. The van der Waals surface area contributed by atoms with E-state index in [0.29, 0.717) is 16.9 Å². The number of carbonyl (C=O) groups is 1. The lowest BCUT2D eigenvalue weighted by Gasteiger charge is -2.30. The van der Waals surface area contributed by atoms with Crippen LogP contribution in [0.5, 0.6) is 0 Å². The van der Waals surface area contributed by atoms with E-state index in [1.807, 2.05) is 18.7 Å². The van der Waals surface area contributed by atoms with Crippen LogP contribution in [0.25, 0.3) is 0 Å². The van der Waals surface area contributed by atoms with Crippen molar-refractivity contribution >= 4 is 29.3 Å². The van der Waals surface area contributed by atoms with Gasteiger partial charge in [0, 0.05) is 22.7 Å². The van der Waals surface area contributed by atoms with Gasteiger partial charge in [0.25, 0.3) is 0 Å². The second kappa shape index (κ2) is 6.31. The summed E-state index contributed by atoms with van der Waals surface area (Å²) in [6.07, 6.45) is 0.350. The van der Waals surface area contributed by atoms with Gasteiger partial charge < -0.3 is 0 Å². The minimum atomic E-state index is -0.263. The zero-order valence-corrected chi connectivity index (χ0v) is 13.1. The number of benzene rings is 1. The number of thioether (sulfide) groups is 2. The van der Waals surface area contributed by atoms with Crippen molar-refractivity contribution in [3.63, 3.8) is 0 Å². The quantitative estimate of drug-likeness (QED) is 0.843. The molecule has 1 aliphatic heterocycles. The summed E-state index contributed by atoms with van der Waals surface area (Å²) in [7, 11) is 0. The summed E-state index contributed by atoms with van der Waals surface area (Å²) in [6, 6.07) is 4.67. The van der Waals surface area contributed by atoms with Gasteiger partial charge in [-0.25, -0.2) is 4.39 Å². The molecular formula is C15H19FOS2. The summed E-state index contributed by atoms with van der Waals surface area (Å²) in [5.74, 6) is 0.842. The van der Waals surface area contributed by atoms with Crippen molar-refractivity contribution in [3.05, 3.63) is 35.1 Å². The van der Waals surface area contributed by atoms with Crippen molar-refractivity contribution in [2.45, 2.75) is 42.9 Å². The molecule has 19 heavy (non-hydrogen) atoms. The number of halogens is 1.